The van der Waals surface area contributed by atoms with Gasteiger partial charge < -0.3 is 25.0 Å². The van der Waals surface area contributed by atoms with E-state index in [4.69, 9.17) is 14.5 Å². The highest BCUT2D eigenvalue weighted by molar-refractivity contribution is 5.63. The van der Waals surface area contributed by atoms with Crippen LogP contribution >= 0.6 is 0 Å². The molecule has 2 fully saturated rings. The smallest absolute Gasteiger partial charge is 0.223 e. The van der Waals surface area contributed by atoms with E-state index in [0.717, 1.165) is 23.5 Å². The molecule has 0 unspecified atom stereocenters. The number of fused-ring (bicyclic) bond motifs is 1. The summed E-state index contributed by atoms with van der Waals surface area (Å²) in [6.45, 7) is 2.01. The lowest BCUT2D eigenvalue weighted by Crippen LogP contribution is -2.41. The van der Waals surface area contributed by atoms with Crippen LogP contribution in [-0.2, 0) is 16.0 Å². The Morgan fingerprint density at radius 2 is 1.62 bits per heavy atom. The quantitative estimate of drug-likeness (QED) is 0.596. The first-order chi connectivity index (χ1) is 15.7. The molecule has 0 aliphatic carbocycles. The van der Waals surface area contributed by atoms with E-state index in [1.807, 2.05) is 26.2 Å². The van der Waals surface area contributed by atoms with E-state index in [9.17, 15) is 0 Å². The number of nitrogens with zero attached hydrogens (tertiary/aromatic N) is 3. The summed E-state index contributed by atoms with van der Waals surface area (Å²) in [7, 11) is 4.07. The van der Waals surface area contributed by atoms with Gasteiger partial charge in [0.1, 0.15) is 12.2 Å². The number of hydrogen-bond donors (Lipinski definition) is 2. The number of benzene rings is 2. The largest absolute Gasteiger partial charge is 0.378 e. The SMILES string of the molecule is CN(C)c1ccc(-c2ccnc(N[C@H]3CO[C@H]4[C@@H]3OC[C@@H]4NCc3ccccc3)n2)cc1. The van der Waals surface area contributed by atoms with Crippen LogP contribution in [0, 0.1) is 0 Å². The molecular formula is C25H29N5O2. The average molecular weight is 432 g/mol. The average Bonchev–Trinajstić information content (AvgIpc) is 3.42. The van der Waals surface area contributed by atoms with E-state index in [-0.39, 0.29) is 24.3 Å². The zero-order valence-corrected chi connectivity index (χ0v) is 18.4. The number of nitrogens with one attached hydrogen (secondary N) is 2. The van der Waals surface area contributed by atoms with Gasteiger partial charge in [0.15, 0.2) is 0 Å². The summed E-state index contributed by atoms with van der Waals surface area (Å²) < 4.78 is 12.2. The molecule has 0 radical (unpaired) electrons. The van der Waals surface area contributed by atoms with Gasteiger partial charge in [0.05, 0.1) is 31.0 Å². The highest BCUT2D eigenvalue weighted by atomic mass is 16.6. The minimum Gasteiger partial charge on any atom is -0.378 e. The Morgan fingerprint density at radius 3 is 2.38 bits per heavy atom. The third-order valence-electron chi connectivity index (χ3n) is 6.11. The van der Waals surface area contributed by atoms with Crippen molar-refractivity contribution < 1.29 is 9.47 Å². The van der Waals surface area contributed by atoms with Gasteiger partial charge in [-0.05, 0) is 23.8 Å². The highest BCUT2D eigenvalue weighted by Crippen LogP contribution is 2.29. The summed E-state index contributed by atoms with van der Waals surface area (Å²) >= 11 is 0. The predicted molar refractivity (Wildman–Crippen MR) is 126 cm³/mol. The summed E-state index contributed by atoms with van der Waals surface area (Å²) in [5, 5.41) is 7.02. The van der Waals surface area contributed by atoms with Gasteiger partial charge in [0.25, 0.3) is 0 Å². The maximum Gasteiger partial charge on any atom is 0.223 e. The molecule has 7 heteroatoms. The van der Waals surface area contributed by atoms with Gasteiger partial charge in [0.2, 0.25) is 5.95 Å². The standard InChI is InChI=1S/C25H29N5O2/c1-30(2)19-10-8-18(9-11-19)20-12-13-26-25(28-20)29-22-16-32-23-21(15-31-24(22)23)27-14-17-6-4-3-5-7-17/h3-13,21-24,27H,14-16H2,1-2H3,(H,26,28,29)/t21-,22-,23+,24+/m0/s1. The molecule has 0 saturated carbocycles. The summed E-state index contributed by atoms with van der Waals surface area (Å²) in [5.74, 6) is 0.595. The fraction of sp³-hybridized carbons (Fsp3) is 0.360. The molecule has 0 bridgehead atoms. The maximum atomic E-state index is 6.10. The molecule has 2 aromatic carbocycles. The highest BCUT2D eigenvalue weighted by Gasteiger charge is 2.47. The monoisotopic (exact) mass is 431 g/mol. The van der Waals surface area contributed by atoms with Crippen molar-refractivity contribution in [1.82, 2.24) is 15.3 Å². The summed E-state index contributed by atoms with van der Waals surface area (Å²) in [4.78, 5) is 11.2. The van der Waals surface area contributed by atoms with Crippen LogP contribution in [0.25, 0.3) is 11.3 Å². The first-order valence-electron chi connectivity index (χ1n) is 11.1. The molecule has 166 valence electrons. The Morgan fingerprint density at radius 1 is 0.906 bits per heavy atom. The molecule has 0 amide bonds. The third-order valence-corrected chi connectivity index (χ3v) is 6.11. The molecule has 3 aromatic rings. The molecule has 4 atom stereocenters. The van der Waals surface area contributed by atoms with Crippen LogP contribution in [0.15, 0.2) is 66.9 Å². The number of rotatable bonds is 7. The van der Waals surface area contributed by atoms with Crippen molar-refractivity contribution >= 4 is 11.6 Å². The molecule has 3 heterocycles. The minimum atomic E-state index is -0.0186. The molecule has 0 spiro atoms. The normalized spacial score (nSPS) is 24.3. The fourth-order valence-electron chi connectivity index (χ4n) is 4.33. The second-order valence-corrected chi connectivity index (χ2v) is 8.53. The lowest BCUT2D eigenvalue weighted by Gasteiger charge is -2.18. The van der Waals surface area contributed by atoms with Gasteiger partial charge >= 0.3 is 0 Å². The van der Waals surface area contributed by atoms with Crippen LogP contribution < -0.4 is 15.5 Å². The lowest BCUT2D eigenvalue weighted by molar-refractivity contribution is 0.0675. The molecule has 2 N–H and O–H groups in total. The Labute approximate surface area is 188 Å². The van der Waals surface area contributed by atoms with Crippen LogP contribution in [0.2, 0.25) is 0 Å². The second-order valence-electron chi connectivity index (χ2n) is 8.53. The van der Waals surface area contributed by atoms with E-state index < -0.39 is 0 Å². The maximum absolute atomic E-state index is 6.10. The van der Waals surface area contributed by atoms with Crippen molar-refractivity contribution in [3.63, 3.8) is 0 Å². The Bertz CT molecular complexity index is 1030. The lowest BCUT2D eigenvalue weighted by atomic mass is 10.1. The van der Waals surface area contributed by atoms with Crippen molar-refractivity contribution in [3.8, 4) is 11.3 Å². The number of anilines is 2. The van der Waals surface area contributed by atoms with Crippen LogP contribution in [0.5, 0.6) is 0 Å². The van der Waals surface area contributed by atoms with Gasteiger partial charge in [0, 0.05) is 38.1 Å². The summed E-state index contributed by atoms with van der Waals surface area (Å²) in [6, 6.07) is 20.9. The van der Waals surface area contributed by atoms with Crippen molar-refractivity contribution in [2.75, 3.05) is 37.5 Å². The zero-order chi connectivity index (χ0) is 21.9. The zero-order valence-electron chi connectivity index (χ0n) is 18.4. The van der Waals surface area contributed by atoms with Crippen molar-refractivity contribution in [2.24, 2.45) is 0 Å². The van der Waals surface area contributed by atoms with Gasteiger partial charge in [-0.25, -0.2) is 9.97 Å². The molecular weight excluding hydrogens is 402 g/mol. The molecule has 2 aliphatic heterocycles. The number of ether oxygens (including phenoxy) is 2. The Balaban J connectivity index is 1.21. The minimum absolute atomic E-state index is 0.0186. The molecule has 32 heavy (non-hydrogen) atoms. The first kappa shape index (κ1) is 20.9. The van der Waals surface area contributed by atoms with Crippen molar-refractivity contribution in [2.45, 2.75) is 30.8 Å². The van der Waals surface area contributed by atoms with E-state index in [2.05, 4.69) is 69.0 Å². The summed E-state index contributed by atoms with van der Waals surface area (Å²) in [6.07, 6.45) is 1.80. The van der Waals surface area contributed by atoms with Crippen LogP contribution in [0.3, 0.4) is 0 Å². The fourth-order valence-corrected chi connectivity index (χ4v) is 4.33. The molecule has 2 aliphatic rings. The van der Waals surface area contributed by atoms with Gasteiger partial charge in [-0.15, -0.1) is 0 Å². The topological polar surface area (TPSA) is 71.5 Å². The number of aromatic nitrogens is 2. The van der Waals surface area contributed by atoms with Crippen LogP contribution in [0.4, 0.5) is 11.6 Å². The van der Waals surface area contributed by atoms with Crippen molar-refractivity contribution in [3.05, 3.63) is 72.4 Å². The first-order valence-corrected chi connectivity index (χ1v) is 11.1. The second kappa shape index (κ2) is 9.24. The molecule has 1 aromatic heterocycles. The van der Waals surface area contributed by atoms with Gasteiger partial charge in [-0.1, -0.05) is 42.5 Å². The van der Waals surface area contributed by atoms with Crippen LogP contribution in [-0.4, -0.2) is 61.6 Å². The van der Waals surface area contributed by atoms with Crippen molar-refractivity contribution in [1.29, 1.82) is 0 Å². The van der Waals surface area contributed by atoms with Gasteiger partial charge in [-0.3, -0.25) is 0 Å². The van der Waals surface area contributed by atoms with E-state index in [0.29, 0.717) is 19.2 Å². The van der Waals surface area contributed by atoms with Gasteiger partial charge in [-0.2, -0.15) is 0 Å². The summed E-state index contributed by atoms with van der Waals surface area (Å²) in [5.41, 5.74) is 4.36. The van der Waals surface area contributed by atoms with E-state index in [1.165, 1.54) is 5.56 Å². The predicted octanol–water partition coefficient (Wildman–Crippen LogP) is 2.95. The Hall–Kier alpha value is -3.00. The van der Waals surface area contributed by atoms with E-state index in [1.54, 1.807) is 6.20 Å². The number of hydrogen-bond acceptors (Lipinski definition) is 7. The third kappa shape index (κ3) is 4.46. The Kier molecular flexibility index (Phi) is 6.03. The molecule has 2 saturated heterocycles. The van der Waals surface area contributed by atoms with E-state index >= 15 is 0 Å². The molecule has 7 nitrogen and oxygen atoms in total. The molecule has 5 rings (SSSR count). The van der Waals surface area contributed by atoms with Crippen LogP contribution in [0.1, 0.15) is 5.56 Å².